The molecular formula is C16H19ClN4O2. The van der Waals surface area contributed by atoms with E-state index in [9.17, 15) is 4.79 Å². The molecule has 0 atom stereocenters. The third kappa shape index (κ3) is 3.90. The van der Waals surface area contributed by atoms with Gasteiger partial charge in [-0.3, -0.25) is 14.4 Å². The van der Waals surface area contributed by atoms with Crippen molar-refractivity contribution in [3.63, 3.8) is 0 Å². The first kappa shape index (κ1) is 16.0. The number of amides is 1. The fourth-order valence-corrected chi connectivity index (χ4v) is 2.79. The average molecular weight is 335 g/mol. The number of nitrogens with zero attached hydrogens (tertiary/aromatic N) is 3. The van der Waals surface area contributed by atoms with Crippen LogP contribution in [0.4, 0.5) is 5.69 Å². The number of carbonyl (C=O) groups is 1. The number of carbonyl (C=O) groups excluding carboxylic acids is 1. The van der Waals surface area contributed by atoms with Gasteiger partial charge in [0.05, 0.1) is 13.2 Å². The monoisotopic (exact) mass is 334 g/mol. The molecule has 0 saturated carbocycles. The maximum Gasteiger partial charge on any atom is 0.273 e. The first-order valence-corrected chi connectivity index (χ1v) is 7.89. The Hall–Kier alpha value is -1.89. The standard InChI is InChI=1S/C16H19ClN4O2/c1-20-15(4-5-18-20)16(22)19-13-3-2-12(14(17)10-13)11-21-6-8-23-9-7-21/h2-5,10H,6-9,11H2,1H3,(H,19,22). The van der Waals surface area contributed by atoms with Crippen LogP contribution in [-0.2, 0) is 18.3 Å². The summed E-state index contributed by atoms with van der Waals surface area (Å²) in [4.78, 5) is 14.5. The van der Waals surface area contributed by atoms with Gasteiger partial charge in [-0.05, 0) is 23.8 Å². The van der Waals surface area contributed by atoms with Crippen LogP contribution in [0.3, 0.4) is 0 Å². The number of hydrogen-bond donors (Lipinski definition) is 1. The lowest BCUT2D eigenvalue weighted by Gasteiger charge is -2.27. The molecule has 7 heteroatoms. The Morgan fingerprint density at radius 2 is 2.13 bits per heavy atom. The van der Waals surface area contributed by atoms with Crippen LogP contribution in [0.25, 0.3) is 0 Å². The van der Waals surface area contributed by atoms with Crippen LogP contribution in [0, 0.1) is 0 Å². The van der Waals surface area contributed by atoms with Gasteiger partial charge in [0.1, 0.15) is 5.69 Å². The Morgan fingerprint density at radius 1 is 1.35 bits per heavy atom. The zero-order valence-electron chi connectivity index (χ0n) is 13.0. The number of ether oxygens (including phenoxy) is 1. The van der Waals surface area contributed by atoms with Gasteiger partial charge >= 0.3 is 0 Å². The highest BCUT2D eigenvalue weighted by atomic mass is 35.5. The molecule has 23 heavy (non-hydrogen) atoms. The van der Waals surface area contributed by atoms with E-state index in [2.05, 4.69) is 15.3 Å². The number of hydrogen-bond acceptors (Lipinski definition) is 4. The van der Waals surface area contributed by atoms with Crippen molar-refractivity contribution in [3.8, 4) is 0 Å². The lowest BCUT2D eigenvalue weighted by molar-refractivity contribution is 0.0342. The summed E-state index contributed by atoms with van der Waals surface area (Å²) in [5, 5.41) is 7.48. The molecule has 6 nitrogen and oxygen atoms in total. The van der Waals surface area contributed by atoms with E-state index in [1.807, 2.05) is 12.1 Å². The number of anilines is 1. The number of rotatable bonds is 4. The van der Waals surface area contributed by atoms with E-state index >= 15 is 0 Å². The van der Waals surface area contributed by atoms with Crippen LogP contribution in [0.15, 0.2) is 30.5 Å². The second-order valence-corrected chi connectivity index (χ2v) is 5.90. The van der Waals surface area contributed by atoms with Crippen LogP contribution in [0.2, 0.25) is 5.02 Å². The fraction of sp³-hybridized carbons (Fsp3) is 0.375. The van der Waals surface area contributed by atoms with Gasteiger partial charge < -0.3 is 10.1 Å². The molecular weight excluding hydrogens is 316 g/mol. The van der Waals surface area contributed by atoms with E-state index in [4.69, 9.17) is 16.3 Å². The van der Waals surface area contributed by atoms with Gasteiger partial charge in [-0.2, -0.15) is 5.10 Å². The minimum Gasteiger partial charge on any atom is -0.379 e. The molecule has 0 radical (unpaired) electrons. The number of aromatic nitrogens is 2. The average Bonchev–Trinajstić information content (AvgIpc) is 2.97. The summed E-state index contributed by atoms with van der Waals surface area (Å²) in [6.07, 6.45) is 1.59. The smallest absolute Gasteiger partial charge is 0.273 e. The number of benzene rings is 1. The van der Waals surface area contributed by atoms with E-state index in [0.29, 0.717) is 16.4 Å². The molecule has 1 aliphatic rings. The summed E-state index contributed by atoms with van der Waals surface area (Å²) < 4.78 is 6.88. The largest absolute Gasteiger partial charge is 0.379 e. The molecule has 0 bridgehead atoms. The van der Waals surface area contributed by atoms with Crippen molar-refractivity contribution in [1.82, 2.24) is 14.7 Å². The minimum atomic E-state index is -0.206. The maximum absolute atomic E-state index is 12.2. The first-order valence-electron chi connectivity index (χ1n) is 7.51. The third-order valence-electron chi connectivity index (χ3n) is 3.86. The summed E-state index contributed by atoms with van der Waals surface area (Å²) in [5.41, 5.74) is 2.22. The Kier molecular flexibility index (Phi) is 4.95. The van der Waals surface area contributed by atoms with Crippen molar-refractivity contribution in [2.75, 3.05) is 31.6 Å². The van der Waals surface area contributed by atoms with E-state index in [1.54, 1.807) is 25.4 Å². The summed E-state index contributed by atoms with van der Waals surface area (Å²) in [7, 11) is 1.73. The maximum atomic E-state index is 12.2. The van der Waals surface area contributed by atoms with Crippen molar-refractivity contribution in [1.29, 1.82) is 0 Å². The van der Waals surface area contributed by atoms with Gasteiger partial charge in [-0.25, -0.2) is 0 Å². The molecule has 1 N–H and O–H groups in total. The highest BCUT2D eigenvalue weighted by Crippen LogP contribution is 2.23. The zero-order chi connectivity index (χ0) is 16.2. The lowest BCUT2D eigenvalue weighted by Crippen LogP contribution is -2.35. The van der Waals surface area contributed by atoms with Gasteiger partial charge in [0.2, 0.25) is 0 Å². The molecule has 1 fully saturated rings. The molecule has 0 aliphatic carbocycles. The number of nitrogens with one attached hydrogen (secondary N) is 1. The molecule has 2 heterocycles. The Bertz CT molecular complexity index is 695. The van der Waals surface area contributed by atoms with Crippen molar-refractivity contribution in [3.05, 3.63) is 46.7 Å². The van der Waals surface area contributed by atoms with Crippen molar-refractivity contribution >= 4 is 23.2 Å². The minimum absolute atomic E-state index is 0.206. The van der Waals surface area contributed by atoms with Gasteiger partial charge in [0, 0.05) is 43.6 Å². The van der Waals surface area contributed by atoms with E-state index < -0.39 is 0 Å². The van der Waals surface area contributed by atoms with E-state index in [0.717, 1.165) is 38.4 Å². The fourth-order valence-electron chi connectivity index (χ4n) is 2.55. The predicted octanol–water partition coefficient (Wildman–Crippen LogP) is 2.16. The normalized spacial score (nSPS) is 15.6. The SMILES string of the molecule is Cn1nccc1C(=O)Nc1ccc(CN2CCOCC2)c(Cl)c1. The van der Waals surface area contributed by atoms with Crippen LogP contribution >= 0.6 is 11.6 Å². The first-order chi connectivity index (χ1) is 11.1. The van der Waals surface area contributed by atoms with Gasteiger partial charge in [-0.1, -0.05) is 17.7 Å². The molecule has 1 saturated heterocycles. The van der Waals surface area contributed by atoms with Crippen molar-refractivity contribution in [2.24, 2.45) is 7.05 Å². The van der Waals surface area contributed by atoms with E-state index in [-0.39, 0.29) is 5.91 Å². The number of halogens is 1. The van der Waals surface area contributed by atoms with Crippen LogP contribution < -0.4 is 5.32 Å². The molecule has 3 rings (SSSR count). The second kappa shape index (κ2) is 7.12. The topological polar surface area (TPSA) is 59.4 Å². The molecule has 1 aliphatic heterocycles. The van der Waals surface area contributed by atoms with Crippen LogP contribution in [0.1, 0.15) is 16.1 Å². The molecule has 2 aromatic rings. The molecule has 122 valence electrons. The molecule has 1 aromatic heterocycles. The second-order valence-electron chi connectivity index (χ2n) is 5.49. The van der Waals surface area contributed by atoms with Crippen molar-refractivity contribution < 1.29 is 9.53 Å². The van der Waals surface area contributed by atoms with Crippen LogP contribution in [0.5, 0.6) is 0 Å². The van der Waals surface area contributed by atoms with Gasteiger partial charge in [0.15, 0.2) is 0 Å². The molecule has 0 spiro atoms. The Morgan fingerprint density at radius 3 is 2.78 bits per heavy atom. The summed E-state index contributed by atoms with van der Waals surface area (Å²) in [6, 6.07) is 7.28. The summed E-state index contributed by atoms with van der Waals surface area (Å²) in [5.74, 6) is -0.206. The molecule has 0 unspecified atom stereocenters. The Balaban J connectivity index is 1.66. The predicted molar refractivity (Wildman–Crippen MR) is 88.7 cm³/mol. The number of morpholine rings is 1. The van der Waals surface area contributed by atoms with Crippen LogP contribution in [-0.4, -0.2) is 46.9 Å². The van der Waals surface area contributed by atoms with Gasteiger partial charge in [-0.15, -0.1) is 0 Å². The Labute approximate surface area is 140 Å². The van der Waals surface area contributed by atoms with Gasteiger partial charge in [0.25, 0.3) is 5.91 Å². The number of aryl methyl sites for hydroxylation is 1. The highest BCUT2D eigenvalue weighted by Gasteiger charge is 2.14. The lowest BCUT2D eigenvalue weighted by atomic mass is 10.2. The zero-order valence-corrected chi connectivity index (χ0v) is 13.7. The van der Waals surface area contributed by atoms with Crippen molar-refractivity contribution in [2.45, 2.75) is 6.54 Å². The highest BCUT2D eigenvalue weighted by molar-refractivity contribution is 6.31. The summed E-state index contributed by atoms with van der Waals surface area (Å²) in [6.45, 7) is 4.13. The van der Waals surface area contributed by atoms with E-state index in [1.165, 1.54) is 4.68 Å². The summed E-state index contributed by atoms with van der Waals surface area (Å²) >= 11 is 6.36. The molecule has 1 amide bonds. The third-order valence-corrected chi connectivity index (χ3v) is 4.21. The quantitative estimate of drug-likeness (QED) is 0.931. The molecule has 1 aromatic carbocycles.